The zero-order chi connectivity index (χ0) is 15.1. The lowest BCUT2D eigenvalue weighted by Gasteiger charge is -2.09. The zero-order valence-electron chi connectivity index (χ0n) is 12.0. The van der Waals surface area contributed by atoms with Crippen molar-refractivity contribution in [3.8, 4) is 0 Å². The lowest BCUT2D eigenvalue weighted by molar-refractivity contribution is 0.0952. The summed E-state index contributed by atoms with van der Waals surface area (Å²) in [6.07, 6.45) is 7.05. The normalized spacial score (nSPS) is 10.4. The lowest BCUT2D eigenvalue weighted by Crippen LogP contribution is -2.27. The molecule has 0 aliphatic rings. The number of pyridine rings is 1. The largest absolute Gasteiger partial charge is 0.350 e. The minimum Gasteiger partial charge on any atom is -0.350 e. The molecule has 21 heavy (non-hydrogen) atoms. The van der Waals surface area contributed by atoms with Gasteiger partial charge in [0.15, 0.2) is 0 Å². The van der Waals surface area contributed by atoms with Crippen molar-refractivity contribution in [2.45, 2.75) is 26.3 Å². The molecule has 0 fully saturated rings. The van der Waals surface area contributed by atoms with Gasteiger partial charge in [-0.1, -0.05) is 13.3 Å². The standard InChI is InChI=1S/C14H20N6O/c1-2-3-12-8-11(9-13(18-12)19-15)14(21)17-5-7-20-6-4-16-10-20/h4,6,8-10H,2-3,5,7,15H2,1H3,(H,17,21)(H,18,19). The summed E-state index contributed by atoms with van der Waals surface area (Å²) in [5.41, 5.74) is 3.91. The van der Waals surface area contributed by atoms with Gasteiger partial charge in [-0.05, 0) is 18.6 Å². The molecule has 0 spiro atoms. The summed E-state index contributed by atoms with van der Waals surface area (Å²) in [4.78, 5) is 20.4. The Kier molecular flexibility index (Phi) is 5.28. The van der Waals surface area contributed by atoms with Gasteiger partial charge in [0, 0.05) is 36.7 Å². The highest BCUT2D eigenvalue weighted by Gasteiger charge is 2.09. The molecule has 7 heteroatoms. The van der Waals surface area contributed by atoms with Crippen LogP contribution in [0.3, 0.4) is 0 Å². The fourth-order valence-electron chi connectivity index (χ4n) is 2.00. The average molecular weight is 288 g/mol. The third kappa shape index (κ3) is 4.28. The molecule has 0 aliphatic carbocycles. The Labute approximate surface area is 123 Å². The van der Waals surface area contributed by atoms with Gasteiger partial charge in [0.25, 0.3) is 5.91 Å². The lowest BCUT2D eigenvalue weighted by atomic mass is 10.1. The Balaban J connectivity index is 1.98. The molecule has 2 rings (SSSR count). The van der Waals surface area contributed by atoms with Gasteiger partial charge >= 0.3 is 0 Å². The van der Waals surface area contributed by atoms with Crippen molar-refractivity contribution in [2.24, 2.45) is 5.84 Å². The summed E-state index contributed by atoms with van der Waals surface area (Å²) in [5, 5.41) is 2.87. The number of aromatic nitrogens is 3. The number of hydrogen-bond donors (Lipinski definition) is 3. The Morgan fingerprint density at radius 2 is 2.29 bits per heavy atom. The third-order valence-electron chi connectivity index (χ3n) is 3.01. The van der Waals surface area contributed by atoms with Crippen molar-refractivity contribution >= 4 is 11.7 Å². The summed E-state index contributed by atoms with van der Waals surface area (Å²) >= 11 is 0. The number of hydrogen-bond acceptors (Lipinski definition) is 5. The molecule has 0 aliphatic heterocycles. The minimum atomic E-state index is -0.133. The minimum absolute atomic E-state index is 0.133. The zero-order valence-corrected chi connectivity index (χ0v) is 12.0. The number of amides is 1. The summed E-state index contributed by atoms with van der Waals surface area (Å²) < 4.78 is 1.90. The summed E-state index contributed by atoms with van der Waals surface area (Å²) in [6, 6.07) is 3.45. The quantitative estimate of drug-likeness (QED) is 0.520. The van der Waals surface area contributed by atoms with Gasteiger partial charge in [-0.25, -0.2) is 15.8 Å². The number of nitrogens with two attached hydrogens (primary N) is 1. The predicted octanol–water partition coefficient (Wildman–Crippen LogP) is 0.946. The second-order valence-corrected chi connectivity index (χ2v) is 4.68. The van der Waals surface area contributed by atoms with E-state index in [1.807, 2.05) is 10.8 Å². The van der Waals surface area contributed by atoms with E-state index >= 15 is 0 Å². The van der Waals surface area contributed by atoms with E-state index in [0.29, 0.717) is 24.5 Å². The molecule has 2 heterocycles. The van der Waals surface area contributed by atoms with Crippen LogP contribution in [0.2, 0.25) is 0 Å². The number of aryl methyl sites for hydroxylation is 1. The fourth-order valence-corrected chi connectivity index (χ4v) is 2.00. The number of hydrazine groups is 1. The molecular formula is C14H20N6O. The van der Waals surface area contributed by atoms with Crippen LogP contribution >= 0.6 is 0 Å². The molecule has 2 aromatic heterocycles. The van der Waals surface area contributed by atoms with Crippen LogP contribution < -0.4 is 16.6 Å². The summed E-state index contributed by atoms with van der Waals surface area (Å²) in [5.74, 6) is 5.76. The molecule has 0 radical (unpaired) electrons. The van der Waals surface area contributed by atoms with Gasteiger partial charge in [0.05, 0.1) is 6.33 Å². The number of anilines is 1. The number of nitrogens with one attached hydrogen (secondary N) is 2. The maximum Gasteiger partial charge on any atom is 0.251 e. The molecule has 112 valence electrons. The van der Waals surface area contributed by atoms with Crippen LogP contribution in [-0.4, -0.2) is 27.0 Å². The first-order chi connectivity index (χ1) is 10.2. The van der Waals surface area contributed by atoms with Gasteiger partial charge in [0.1, 0.15) is 5.82 Å². The van der Waals surface area contributed by atoms with Gasteiger partial charge in [-0.2, -0.15) is 0 Å². The molecule has 0 unspecified atom stereocenters. The number of nitrogens with zero attached hydrogens (tertiary/aromatic N) is 3. The molecule has 0 atom stereocenters. The second kappa shape index (κ2) is 7.39. The van der Waals surface area contributed by atoms with E-state index in [0.717, 1.165) is 18.5 Å². The van der Waals surface area contributed by atoms with E-state index in [1.54, 1.807) is 24.7 Å². The van der Waals surface area contributed by atoms with Crippen LogP contribution in [0.1, 0.15) is 29.4 Å². The van der Waals surface area contributed by atoms with E-state index in [1.165, 1.54) is 0 Å². The van der Waals surface area contributed by atoms with Crippen molar-refractivity contribution in [1.82, 2.24) is 19.9 Å². The number of imidazole rings is 1. The predicted molar refractivity (Wildman–Crippen MR) is 80.6 cm³/mol. The monoisotopic (exact) mass is 288 g/mol. The van der Waals surface area contributed by atoms with Crippen LogP contribution in [0, 0.1) is 0 Å². The van der Waals surface area contributed by atoms with Gasteiger partial charge in [-0.3, -0.25) is 4.79 Å². The first kappa shape index (κ1) is 15.0. The molecule has 1 amide bonds. The summed E-state index contributed by atoms with van der Waals surface area (Å²) in [7, 11) is 0. The van der Waals surface area contributed by atoms with Gasteiger partial charge < -0.3 is 15.3 Å². The fraction of sp³-hybridized carbons (Fsp3) is 0.357. The highest BCUT2D eigenvalue weighted by molar-refractivity contribution is 5.94. The number of rotatable bonds is 7. The molecule has 2 aromatic rings. The van der Waals surface area contributed by atoms with Crippen molar-refractivity contribution in [1.29, 1.82) is 0 Å². The van der Waals surface area contributed by atoms with Crippen LogP contribution in [0.4, 0.5) is 5.82 Å². The van der Waals surface area contributed by atoms with Crippen molar-refractivity contribution in [3.63, 3.8) is 0 Å². The summed E-state index contributed by atoms with van der Waals surface area (Å²) in [6.45, 7) is 3.28. The molecule has 0 saturated heterocycles. The van der Waals surface area contributed by atoms with Crippen molar-refractivity contribution < 1.29 is 4.79 Å². The SMILES string of the molecule is CCCc1cc(C(=O)NCCn2ccnc2)cc(NN)n1. The van der Waals surface area contributed by atoms with E-state index in [-0.39, 0.29) is 5.91 Å². The maximum absolute atomic E-state index is 12.2. The molecule has 0 saturated carbocycles. The van der Waals surface area contributed by atoms with Crippen LogP contribution in [-0.2, 0) is 13.0 Å². The average Bonchev–Trinajstić information content (AvgIpc) is 3.00. The van der Waals surface area contributed by atoms with Crippen molar-refractivity contribution in [3.05, 3.63) is 42.1 Å². The van der Waals surface area contributed by atoms with E-state index in [4.69, 9.17) is 5.84 Å². The van der Waals surface area contributed by atoms with Crippen LogP contribution in [0.25, 0.3) is 0 Å². The van der Waals surface area contributed by atoms with Gasteiger partial charge in [0.2, 0.25) is 0 Å². The van der Waals surface area contributed by atoms with Crippen LogP contribution in [0.5, 0.6) is 0 Å². The Morgan fingerprint density at radius 3 is 2.95 bits per heavy atom. The number of carbonyl (C=O) groups is 1. The van der Waals surface area contributed by atoms with Crippen molar-refractivity contribution in [2.75, 3.05) is 12.0 Å². The first-order valence-corrected chi connectivity index (χ1v) is 6.94. The Hall–Kier alpha value is -2.41. The number of nitrogen functional groups attached to an aromatic ring is 1. The smallest absolute Gasteiger partial charge is 0.251 e. The molecule has 4 N–H and O–H groups in total. The van der Waals surface area contributed by atoms with Gasteiger partial charge in [-0.15, -0.1) is 0 Å². The topological polar surface area (TPSA) is 97.9 Å². The third-order valence-corrected chi connectivity index (χ3v) is 3.01. The van der Waals surface area contributed by atoms with E-state index in [9.17, 15) is 4.79 Å². The van der Waals surface area contributed by atoms with E-state index in [2.05, 4.69) is 27.6 Å². The van der Waals surface area contributed by atoms with Crippen LogP contribution in [0.15, 0.2) is 30.9 Å². The second-order valence-electron chi connectivity index (χ2n) is 4.68. The molecular weight excluding hydrogens is 268 g/mol. The highest BCUT2D eigenvalue weighted by Crippen LogP contribution is 2.11. The number of carbonyl (C=O) groups excluding carboxylic acids is 1. The van der Waals surface area contributed by atoms with E-state index < -0.39 is 0 Å². The maximum atomic E-state index is 12.2. The highest BCUT2D eigenvalue weighted by atomic mass is 16.1. The molecule has 0 aromatic carbocycles. The Bertz CT molecular complexity index is 581. The Morgan fingerprint density at radius 1 is 1.43 bits per heavy atom. The molecule has 7 nitrogen and oxygen atoms in total. The molecule has 0 bridgehead atoms. The first-order valence-electron chi connectivity index (χ1n) is 6.94.